The number of carbonyl (C=O) groups excluding carboxylic acids is 1. The molecule has 3 heterocycles. The highest BCUT2D eigenvalue weighted by Gasteiger charge is 2.36. The van der Waals surface area contributed by atoms with Crippen LogP contribution in [-0.4, -0.2) is 39.8 Å². The second-order valence-corrected chi connectivity index (χ2v) is 9.90. The van der Waals surface area contributed by atoms with Crippen molar-refractivity contribution in [2.24, 2.45) is 0 Å². The predicted octanol–water partition coefficient (Wildman–Crippen LogP) is 3.87. The van der Waals surface area contributed by atoms with Crippen LogP contribution in [0.25, 0.3) is 0 Å². The lowest BCUT2D eigenvalue weighted by molar-refractivity contribution is -0.113. The Kier molecular flexibility index (Phi) is 5.72. The summed E-state index contributed by atoms with van der Waals surface area (Å²) in [5.74, 6) is 1.58. The highest BCUT2D eigenvalue weighted by molar-refractivity contribution is 8.00. The molecule has 0 radical (unpaired) electrons. The number of H-pyrrole nitrogens is 1. The number of nitrogens with one attached hydrogen (secondary N) is 2. The molecule has 1 aromatic carbocycles. The molecule has 2 aliphatic rings. The van der Waals surface area contributed by atoms with Crippen LogP contribution in [0.4, 0.5) is 5.82 Å². The first-order valence-corrected chi connectivity index (χ1v) is 11.4. The number of hydrogen-bond donors (Lipinski definition) is 2. The third kappa shape index (κ3) is 4.30. The number of aromatic nitrogens is 2. The fourth-order valence-corrected chi connectivity index (χ4v) is 5.32. The topological polar surface area (TPSA) is 85.4 Å². The van der Waals surface area contributed by atoms with E-state index in [-0.39, 0.29) is 34.5 Å². The Bertz CT molecular complexity index is 977. The van der Waals surface area contributed by atoms with E-state index in [0.717, 1.165) is 24.2 Å². The van der Waals surface area contributed by atoms with Crippen molar-refractivity contribution >= 4 is 23.5 Å². The van der Waals surface area contributed by atoms with E-state index in [4.69, 9.17) is 9.47 Å². The maximum absolute atomic E-state index is 13.0. The van der Waals surface area contributed by atoms with Crippen LogP contribution in [0.15, 0.2) is 29.1 Å². The predicted molar refractivity (Wildman–Crippen MR) is 118 cm³/mol. The molecule has 2 aliphatic heterocycles. The molecule has 1 fully saturated rings. The average Bonchev–Trinajstić information content (AvgIpc) is 2.87. The SMILES string of the molecule is CC(C)Oc1ccc([C@@H]2SCC(=O)Nc3c2c(=O)[nH]n3[C@@H]2CCOC(C)(C)C2)cc1. The maximum atomic E-state index is 13.0. The monoisotopic (exact) mass is 431 g/mol. The van der Waals surface area contributed by atoms with Gasteiger partial charge in [-0.3, -0.25) is 19.4 Å². The fourth-order valence-electron chi connectivity index (χ4n) is 4.19. The molecule has 162 valence electrons. The second-order valence-electron chi connectivity index (χ2n) is 8.80. The molecule has 0 saturated carbocycles. The lowest BCUT2D eigenvalue weighted by atomic mass is 9.94. The summed E-state index contributed by atoms with van der Waals surface area (Å²) in [5, 5.41) is 5.75. The Labute approximate surface area is 180 Å². The van der Waals surface area contributed by atoms with Gasteiger partial charge in [-0.15, -0.1) is 11.8 Å². The third-order valence-corrected chi connectivity index (χ3v) is 6.72. The van der Waals surface area contributed by atoms with Gasteiger partial charge in [0.2, 0.25) is 5.91 Å². The lowest BCUT2D eigenvalue weighted by Crippen LogP contribution is -2.36. The van der Waals surface area contributed by atoms with Crippen LogP contribution in [0, 0.1) is 0 Å². The molecule has 8 heteroatoms. The Morgan fingerprint density at radius 3 is 2.63 bits per heavy atom. The number of carbonyl (C=O) groups is 1. The molecule has 1 aromatic heterocycles. The van der Waals surface area contributed by atoms with Crippen LogP contribution < -0.4 is 15.6 Å². The van der Waals surface area contributed by atoms with Gasteiger partial charge in [0.05, 0.1) is 34.3 Å². The van der Waals surface area contributed by atoms with Crippen LogP contribution in [0.2, 0.25) is 0 Å². The van der Waals surface area contributed by atoms with Gasteiger partial charge in [-0.2, -0.15) is 0 Å². The van der Waals surface area contributed by atoms with Crippen molar-refractivity contribution in [3.63, 3.8) is 0 Å². The first kappa shape index (κ1) is 21.1. The van der Waals surface area contributed by atoms with E-state index >= 15 is 0 Å². The molecule has 30 heavy (non-hydrogen) atoms. The Hall–Kier alpha value is -2.19. The van der Waals surface area contributed by atoms with E-state index in [1.54, 1.807) is 0 Å². The largest absolute Gasteiger partial charge is 0.491 e. The van der Waals surface area contributed by atoms with Gasteiger partial charge in [0, 0.05) is 6.61 Å². The van der Waals surface area contributed by atoms with Crippen LogP contribution in [-0.2, 0) is 9.53 Å². The van der Waals surface area contributed by atoms with Gasteiger partial charge in [-0.25, -0.2) is 0 Å². The van der Waals surface area contributed by atoms with Crippen molar-refractivity contribution in [1.29, 1.82) is 0 Å². The van der Waals surface area contributed by atoms with Gasteiger partial charge >= 0.3 is 0 Å². The minimum Gasteiger partial charge on any atom is -0.491 e. The number of hydrogen-bond acceptors (Lipinski definition) is 5. The molecule has 0 unspecified atom stereocenters. The summed E-state index contributed by atoms with van der Waals surface area (Å²) in [6.45, 7) is 8.70. The summed E-state index contributed by atoms with van der Waals surface area (Å²) in [4.78, 5) is 25.5. The van der Waals surface area contributed by atoms with Crippen molar-refractivity contribution in [1.82, 2.24) is 9.78 Å². The third-order valence-electron chi connectivity index (χ3n) is 5.45. The molecule has 1 amide bonds. The Balaban J connectivity index is 1.72. The highest BCUT2D eigenvalue weighted by atomic mass is 32.2. The van der Waals surface area contributed by atoms with Crippen LogP contribution in [0.1, 0.15) is 63.0 Å². The quantitative estimate of drug-likeness (QED) is 0.768. The minimum absolute atomic E-state index is 0.0658. The van der Waals surface area contributed by atoms with Gasteiger partial charge in [-0.1, -0.05) is 12.1 Å². The zero-order chi connectivity index (χ0) is 21.5. The van der Waals surface area contributed by atoms with Crippen molar-refractivity contribution in [2.75, 3.05) is 17.7 Å². The number of amides is 1. The summed E-state index contributed by atoms with van der Waals surface area (Å²) in [7, 11) is 0. The summed E-state index contributed by atoms with van der Waals surface area (Å²) in [5.41, 5.74) is 1.15. The van der Waals surface area contributed by atoms with Crippen molar-refractivity contribution in [3.8, 4) is 5.75 Å². The molecule has 2 atom stereocenters. The fraction of sp³-hybridized carbons (Fsp3) is 0.545. The molecular weight excluding hydrogens is 402 g/mol. The van der Waals surface area contributed by atoms with E-state index in [1.807, 2.05) is 42.8 Å². The smallest absolute Gasteiger partial charge is 0.270 e. The number of thioether (sulfide) groups is 1. The minimum atomic E-state index is -0.272. The number of fused-ring (bicyclic) bond motifs is 1. The van der Waals surface area contributed by atoms with Crippen molar-refractivity contribution < 1.29 is 14.3 Å². The average molecular weight is 432 g/mol. The first-order chi connectivity index (χ1) is 14.2. The number of anilines is 1. The van der Waals surface area contributed by atoms with E-state index in [9.17, 15) is 9.59 Å². The standard InChI is InChI=1S/C22H29N3O4S/c1-13(2)29-16-7-5-14(6-8-16)19-18-20(23-17(26)12-30-19)25(24-21(18)27)15-9-10-28-22(3,4)11-15/h5-8,13,15,19H,9-12H2,1-4H3,(H,23,26)(H,24,27)/t15-,19+/m1/s1. The van der Waals surface area contributed by atoms with E-state index in [2.05, 4.69) is 24.3 Å². The van der Waals surface area contributed by atoms with Crippen molar-refractivity contribution in [3.05, 3.63) is 45.7 Å². The first-order valence-electron chi connectivity index (χ1n) is 10.4. The van der Waals surface area contributed by atoms with E-state index in [0.29, 0.717) is 23.7 Å². The summed E-state index contributed by atoms with van der Waals surface area (Å²) in [6.07, 6.45) is 1.64. The number of nitrogens with zero attached hydrogens (tertiary/aromatic N) is 1. The molecule has 0 aliphatic carbocycles. The summed E-state index contributed by atoms with van der Waals surface area (Å²) < 4.78 is 13.4. The number of benzene rings is 1. The van der Waals surface area contributed by atoms with E-state index in [1.165, 1.54) is 11.8 Å². The van der Waals surface area contributed by atoms with E-state index < -0.39 is 0 Å². The Morgan fingerprint density at radius 1 is 1.23 bits per heavy atom. The molecule has 2 aromatic rings. The number of ether oxygens (including phenoxy) is 2. The molecule has 4 rings (SSSR count). The van der Waals surface area contributed by atoms with Crippen LogP contribution >= 0.6 is 11.8 Å². The van der Waals surface area contributed by atoms with Gasteiger partial charge < -0.3 is 14.8 Å². The zero-order valence-corrected chi connectivity index (χ0v) is 18.7. The van der Waals surface area contributed by atoms with Crippen LogP contribution in [0.3, 0.4) is 0 Å². The zero-order valence-electron chi connectivity index (χ0n) is 17.9. The molecule has 2 N–H and O–H groups in total. The van der Waals surface area contributed by atoms with Gasteiger partial charge in [0.15, 0.2) is 0 Å². The Morgan fingerprint density at radius 2 is 1.97 bits per heavy atom. The highest BCUT2D eigenvalue weighted by Crippen LogP contribution is 2.42. The molecule has 0 spiro atoms. The maximum Gasteiger partial charge on any atom is 0.270 e. The van der Waals surface area contributed by atoms with Gasteiger partial charge in [0.25, 0.3) is 5.56 Å². The summed E-state index contributed by atoms with van der Waals surface area (Å²) in [6, 6.07) is 7.85. The number of rotatable bonds is 4. The molecular formula is C22H29N3O4S. The lowest BCUT2D eigenvalue weighted by Gasteiger charge is -2.36. The summed E-state index contributed by atoms with van der Waals surface area (Å²) >= 11 is 1.47. The normalized spacial score (nSPS) is 23.6. The second kappa shape index (κ2) is 8.15. The van der Waals surface area contributed by atoms with Gasteiger partial charge in [0.1, 0.15) is 11.6 Å². The van der Waals surface area contributed by atoms with Gasteiger partial charge in [-0.05, 0) is 58.2 Å². The van der Waals surface area contributed by atoms with Crippen molar-refractivity contribution in [2.45, 2.75) is 63.5 Å². The van der Waals surface area contributed by atoms with Crippen LogP contribution in [0.5, 0.6) is 5.75 Å². The molecule has 1 saturated heterocycles. The number of aromatic amines is 1. The molecule has 7 nitrogen and oxygen atoms in total. The molecule has 0 bridgehead atoms.